The number of nitrogens with one attached hydrogen (secondary N) is 2. The molecule has 3 aromatic rings. The third-order valence-corrected chi connectivity index (χ3v) is 4.66. The van der Waals surface area contributed by atoms with Crippen molar-refractivity contribution in [2.75, 3.05) is 0 Å². The van der Waals surface area contributed by atoms with Crippen LogP contribution in [0.15, 0.2) is 60.8 Å². The number of carbonyl (C=O) groups is 1. The van der Waals surface area contributed by atoms with Gasteiger partial charge in [0.15, 0.2) is 0 Å². The van der Waals surface area contributed by atoms with E-state index in [-0.39, 0.29) is 5.91 Å². The van der Waals surface area contributed by atoms with Crippen molar-refractivity contribution in [3.05, 3.63) is 71.9 Å². The van der Waals surface area contributed by atoms with E-state index in [1.54, 1.807) is 0 Å². The van der Waals surface area contributed by atoms with Crippen LogP contribution in [0.25, 0.3) is 10.9 Å². The Morgan fingerprint density at radius 2 is 1.87 bits per heavy atom. The standard InChI is InChI=1S/C20H20N2O/c23-20(22-19-12-17(19)14-6-2-1-3-7-14)11-10-15-13-21-18-9-5-4-8-16(15)18/h1-9,13,17,19,21H,10-12H2,(H,22,23)/t17-,19-/m0/s1. The number of rotatable bonds is 5. The quantitative estimate of drug-likeness (QED) is 0.740. The molecule has 1 saturated carbocycles. The van der Waals surface area contributed by atoms with Crippen LogP contribution in [0.3, 0.4) is 0 Å². The predicted octanol–water partition coefficient (Wildman–Crippen LogP) is 3.77. The van der Waals surface area contributed by atoms with Crippen molar-refractivity contribution in [2.45, 2.75) is 31.2 Å². The van der Waals surface area contributed by atoms with Gasteiger partial charge in [-0.3, -0.25) is 4.79 Å². The third-order valence-electron chi connectivity index (χ3n) is 4.66. The topological polar surface area (TPSA) is 44.9 Å². The van der Waals surface area contributed by atoms with Gasteiger partial charge in [-0.15, -0.1) is 0 Å². The number of H-pyrrole nitrogens is 1. The number of para-hydroxylation sites is 1. The second-order valence-electron chi connectivity index (χ2n) is 6.29. The van der Waals surface area contributed by atoms with Crippen LogP contribution in [0.1, 0.15) is 29.9 Å². The number of hydrogen-bond acceptors (Lipinski definition) is 1. The fourth-order valence-electron chi connectivity index (χ4n) is 3.29. The van der Waals surface area contributed by atoms with Crippen molar-refractivity contribution in [2.24, 2.45) is 0 Å². The number of carbonyl (C=O) groups excluding carboxylic acids is 1. The highest BCUT2D eigenvalue weighted by atomic mass is 16.1. The van der Waals surface area contributed by atoms with E-state index in [0.29, 0.717) is 18.4 Å². The van der Waals surface area contributed by atoms with Gasteiger partial charge >= 0.3 is 0 Å². The lowest BCUT2D eigenvalue weighted by atomic mass is 10.1. The summed E-state index contributed by atoms with van der Waals surface area (Å²) >= 11 is 0. The van der Waals surface area contributed by atoms with Gasteiger partial charge in [-0.1, -0.05) is 48.5 Å². The van der Waals surface area contributed by atoms with Crippen LogP contribution in [-0.2, 0) is 11.2 Å². The molecule has 4 rings (SSSR count). The molecule has 0 saturated heterocycles. The first-order valence-electron chi connectivity index (χ1n) is 8.20. The van der Waals surface area contributed by atoms with Crippen molar-refractivity contribution in [3.8, 4) is 0 Å². The van der Waals surface area contributed by atoms with Crippen LogP contribution in [-0.4, -0.2) is 16.9 Å². The second kappa shape index (κ2) is 5.92. The average Bonchev–Trinajstić information content (AvgIpc) is 3.23. The zero-order valence-corrected chi connectivity index (χ0v) is 13.0. The molecule has 1 amide bonds. The first-order valence-corrected chi connectivity index (χ1v) is 8.20. The summed E-state index contributed by atoms with van der Waals surface area (Å²) in [5.41, 5.74) is 3.68. The maximum Gasteiger partial charge on any atom is 0.220 e. The first kappa shape index (κ1) is 14.1. The Morgan fingerprint density at radius 1 is 1.09 bits per heavy atom. The number of hydrogen-bond donors (Lipinski definition) is 2. The van der Waals surface area contributed by atoms with E-state index in [1.807, 2.05) is 24.4 Å². The van der Waals surface area contributed by atoms with Gasteiger partial charge < -0.3 is 10.3 Å². The molecule has 0 radical (unpaired) electrons. The molecule has 3 heteroatoms. The average molecular weight is 304 g/mol. The molecule has 0 unspecified atom stereocenters. The lowest BCUT2D eigenvalue weighted by molar-refractivity contribution is -0.121. The normalized spacial score (nSPS) is 19.7. The van der Waals surface area contributed by atoms with Gasteiger partial charge in [-0.05, 0) is 30.0 Å². The van der Waals surface area contributed by atoms with Crippen LogP contribution < -0.4 is 5.32 Å². The highest BCUT2D eigenvalue weighted by Gasteiger charge is 2.39. The summed E-state index contributed by atoms with van der Waals surface area (Å²) in [4.78, 5) is 15.4. The minimum atomic E-state index is 0.152. The fraction of sp³-hybridized carbons (Fsp3) is 0.250. The minimum Gasteiger partial charge on any atom is -0.361 e. The summed E-state index contributed by atoms with van der Waals surface area (Å²) < 4.78 is 0. The molecule has 1 aromatic heterocycles. The Bertz CT molecular complexity index is 822. The molecule has 23 heavy (non-hydrogen) atoms. The van der Waals surface area contributed by atoms with E-state index in [4.69, 9.17) is 0 Å². The maximum atomic E-state index is 12.2. The van der Waals surface area contributed by atoms with E-state index in [0.717, 1.165) is 18.4 Å². The SMILES string of the molecule is O=C(CCc1c[nH]c2ccccc12)N[C@H]1C[C@H]1c1ccccc1. The van der Waals surface area contributed by atoms with Crippen molar-refractivity contribution < 1.29 is 4.79 Å². The van der Waals surface area contributed by atoms with E-state index in [1.165, 1.54) is 16.5 Å². The van der Waals surface area contributed by atoms with Crippen LogP contribution in [0.2, 0.25) is 0 Å². The molecule has 0 aliphatic heterocycles. The van der Waals surface area contributed by atoms with E-state index in [2.05, 4.69) is 46.7 Å². The fourth-order valence-corrected chi connectivity index (χ4v) is 3.29. The summed E-state index contributed by atoms with van der Waals surface area (Å²) in [6, 6.07) is 19.0. The van der Waals surface area contributed by atoms with Gasteiger partial charge in [-0.25, -0.2) is 0 Å². The molecule has 2 N–H and O–H groups in total. The Kier molecular flexibility index (Phi) is 3.62. The second-order valence-corrected chi connectivity index (χ2v) is 6.29. The van der Waals surface area contributed by atoms with Gasteiger partial charge in [0.1, 0.15) is 0 Å². The lowest BCUT2D eigenvalue weighted by Gasteiger charge is -2.05. The van der Waals surface area contributed by atoms with E-state index < -0.39 is 0 Å². The van der Waals surface area contributed by atoms with Gasteiger partial charge in [0.2, 0.25) is 5.91 Å². The molecule has 1 heterocycles. The first-order chi connectivity index (χ1) is 11.3. The molecule has 0 bridgehead atoms. The lowest BCUT2D eigenvalue weighted by Crippen LogP contribution is -2.26. The molecular formula is C20H20N2O. The highest BCUT2D eigenvalue weighted by molar-refractivity contribution is 5.84. The third kappa shape index (κ3) is 3.00. The summed E-state index contributed by atoms with van der Waals surface area (Å²) in [6.07, 6.45) is 4.39. The van der Waals surface area contributed by atoms with Crippen LogP contribution in [0.4, 0.5) is 0 Å². The van der Waals surface area contributed by atoms with Gasteiger partial charge in [0, 0.05) is 35.5 Å². The number of aryl methyl sites for hydroxylation is 1. The molecule has 0 spiro atoms. The molecule has 1 aliphatic rings. The van der Waals surface area contributed by atoms with Crippen molar-refractivity contribution >= 4 is 16.8 Å². The van der Waals surface area contributed by atoms with Gasteiger partial charge in [0.25, 0.3) is 0 Å². The van der Waals surface area contributed by atoms with Crippen molar-refractivity contribution in [1.82, 2.24) is 10.3 Å². The Labute approximate surface area is 135 Å². The Balaban J connectivity index is 1.31. The Morgan fingerprint density at radius 3 is 2.74 bits per heavy atom. The molecule has 1 fully saturated rings. The van der Waals surface area contributed by atoms with Crippen LogP contribution in [0, 0.1) is 0 Å². The summed E-state index contributed by atoms with van der Waals surface area (Å²) in [7, 11) is 0. The molecule has 2 atom stereocenters. The van der Waals surface area contributed by atoms with Crippen LogP contribution >= 0.6 is 0 Å². The zero-order valence-electron chi connectivity index (χ0n) is 13.0. The molecule has 1 aliphatic carbocycles. The Hall–Kier alpha value is -2.55. The number of aromatic nitrogens is 1. The molecule has 116 valence electrons. The number of aromatic amines is 1. The van der Waals surface area contributed by atoms with E-state index in [9.17, 15) is 4.79 Å². The number of amides is 1. The summed E-state index contributed by atoms with van der Waals surface area (Å²) in [5.74, 6) is 0.645. The smallest absolute Gasteiger partial charge is 0.220 e. The summed E-state index contributed by atoms with van der Waals surface area (Å²) in [6.45, 7) is 0. The van der Waals surface area contributed by atoms with E-state index >= 15 is 0 Å². The zero-order chi connectivity index (χ0) is 15.6. The van der Waals surface area contributed by atoms with Gasteiger partial charge in [-0.2, -0.15) is 0 Å². The van der Waals surface area contributed by atoms with Crippen molar-refractivity contribution in [3.63, 3.8) is 0 Å². The molecule has 2 aromatic carbocycles. The maximum absolute atomic E-state index is 12.2. The van der Waals surface area contributed by atoms with Crippen molar-refractivity contribution in [1.29, 1.82) is 0 Å². The number of fused-ring (bicyclic) bond motifs is 1. The number of benzene rings is 2. The summed E-state index contributed by atoms with van der Waals surface area (Å²) in [5, 5.41) is 4.38. The molecule has 3 nitrogen and oxygen atoms in total. The monoisotopic (exact) mass is 304 g/mol. The highest BCUT2D eigenvalue weighted by Crippen LogP contribution is 2.40. The van der Waals surface area contributed by atoms with Crippen LogP contribution in [0.5, 0.6) is 0 Å². The minimum absolute atomic E-state index is 0.152. The van der Waals surface area contributed by atoms with Gasteiger partial charge in [0.05, 0.1) is 0 Å². The predicted molar refractivity (Wildman–Crippen MR) is 92.4 cm³/mol. The molecular weight excluding hydrogens is 284 g/mol. The largest absolute Gasteiger partial charge is 0.361 e.